The van der Waals surface area contributed by atoms with Gasteiger partial charge in [0.05, 0.1) is 18.6 Å². The fourth-order valence-corrected chi connectivity index (χ4v) is 6.79. The lowest BCUT2D eigenvalue weighted by Gasteiger charge is -2.55. The normalized spacial score (nSPS) is 18.6. The van der Waals surface area contributed by atoms with Gasteiger partial charge in [0.2, 0.25) is 11.8 Å². The van der Waals surface area contributed by atoms with E-state index in [0.29, 0.717) is 18.5 Å². The lowest BCUT2D eigenvalue weighted by atomic mass is 9.98. The molecule has 14 heteroatoms. The number of rotatable bonds is 10. The molecule has 2 fully saturated rings. The minimum atomic E-state index is -4.76. The molecule has 0 saturated carbocycles. The Balaban J connectivity index is 1.35. The molecule has 4 aromatic rings. The third-order valence-electron chi connectivity index (χ3n) is 8.46. The van der Waals surface area contributed by atoms with Crippen LogP contribution in [0, 0.1) is 0 Å². The van der Waals surface area contributed by atoms with Gasteiger partial charge in [0.1, 0.15) is 18.0 Å². The van der Waals surface area contributed by atoms with Crippen LogP contribution in [-0.4, -0.2) is 84.3 Å². The molecule has 0 radical (unpaired) electrons. The maximum atomic E-state index is 14.4. The minimum absolute atomic E-state index is 0.0319. The summed E-state index contributed by atoms with van der Waals surface area (Å²) in [5, 5.41) is 7.27. The minimum Gasteiger partial charge on any atom is -0.404 e. The Kier molecular flexibility index (Phi) is 9.74. The van der Waals surface area contributed by atoms with Crippen LogP contribution in [0.5, 0.6) is 5.75 Å². The van der Waals surface area contributed by atoms with Crippen LogP contribution in [0.2, 0.25) is 0 Å². The van der Waals surface area contributed by atoms with E-state index in [0.717, 1.165) is 22.0 Å². The average Bonchev–Trinajstić information content (AvgIpc) is 3.06. The number of hydrogen-bond acceptors (Lipinski definition) is 7. The molecule has 3 heterocycles. The summed E-state index contributed by atoms with van der Waals surface area (Å²) in [5.41, 5.74) is 3.16. The van der Waals surface area contributed by atoms with E-state index in [1.807, 2.05) is 67.6 Å². The molecule has 1 aromatic heterocycles. The molecule has 6 rings (SSSR count). The highest BCUT2D eigenvalue weighted by Crippen LogP contribution is 2.38. The van der Waals surface area contributed by atoms with Gasteiger partial charge in [0, 0.05) is 37.6 Å². The van der Waals surface area contributed by atoms with Gasteiger partial charge in [-0.3, -0.25) is 24.4 Å². The number of urea groups is 1. The molecule has 13 nitrogen and oxygen atoms in total. The average molecular weight is 673 g/mol. The first-order valence-electron chi connectivity index (χ1n) is 15.7. The highest BCUT2D eigenvalue weighted by Gasteiger charge is 2.51. The third kappa shape index (κ3) is 7.34. The van der Waals surface area contributed by atoms with Crippen LogP contribution in [0.1, 0.15) is 30.0 Å². The van der Waals surface area contributed by atoms with E-state index < -0.39 is 20.0 Å². The van der Waals surface area contributed by atoms with Crippen LogP contribution in [0.3, 0.4) is 0 Å². The van der Waals surface area contributed by atoms with Crippen molar-refractivity contribution in [2.75, 3.05) is 19.6 Å². The first kappa shape index (κ1) is 33.1. The lowest BCUT2D eigenvalue weighted by Crippen LogP contribution is -2.76. The maximum Gasteiger partial charge on any atom is 0.524 e. The Morgan fingerprint density at radius 2 is 1.73 bits per heavy atom. The second-order valence-electron chi connectivity index (χ2n) is 11.8. The van der Waals surface area contributed by atoms with Crippen molar-refractivity contribution >= 4 is 36.6 Å². The van der Waals surface area contributed by atoms with Gasteiger partial charge in [-0.15, -0.1) is 0 Å². The van der Waals surface area contributed by atoms with E-state index in [1.165, 1.54) is 17.0 Å². The number of carbonyl (C=O) groups is 3. The predicted molar refractivity (Wildman–Crippen MR) is 177 cm³/mol. The molecule has 3 N–H and O–H groups in total. The van der Waals surface area contributed by atoms with Crippen molar-refractivity contribution in [1.29, 1.82) is 0 Å². The zero-order valence-corrected chi connectivity index (χ0v) is 27.3. The standard InChI is InChI=1S/C34H37N6O7P/c1-2-18-38-23-31(41)39-29(19-24-13-15-28(16-14-24)47-48(44,45)46)33(42)37(21-27-11-6-10-26-12-7-17-35-32(26)27)22-30(39)40(38)34(43)36-20-25-8-4-3-5-9-25/h3-17,29-30H,2,18-23H2,1H3,(H,36,43)(H2,44,45,46)/t29-,30-/m0/s1. The summed E-state index contributed by atoms with van der Waals surface area (Å²) in [7, 11) is -4.76. The number of phosphoric acid groups is 1. The van der Waals surface area contributed by atoms with Gasteiger partial charge in [0.25, 0.3) is 0 Å². The van der Waals surface area contributed by atoms with E-state index in [4.69, 9.17) is 0 Å². The largest absolute Gasteiger partial charge is 0.524 e. The molecule has 2 aliphatic heterocycles. The van der Waals surface area contributed by atoms with E-state index in [-0.39, 0.29) is 56.2 Å². The number of para-hydroxylation sites is 1. The van der Waals surface area contributed by atoms with Gasteiger partial charge in [-0.25, -0.2) is 19.4 Å². The Hall–Kier alpha value is -4.81. The number of hydrazine groups is 1. The van der Waals surface area contributed by atoms with Crippen LogP contribution in [0.25, 0.3) is 10.9 Å². The van der Waals surface area contributed by atoms with E-state index in [9.17, 15) is 28.7 Å². The smallest absolute Gasteiger partial charge is 0.404 e. The summed E-state index contributed by atoms with van der Waals surface area (Å²) in [6, 6.07) is 23.8. The Labute approximate surface area is 277 Å². The van der Waals surface area contributed by atoms with Crippen molar-refractivity contribution in [2.45, 2.75) is 45.1 Å². The molecule has 0 bridgehead atoms. The Morgan fingerprint density at radius 3 is 2.46 bits per heavy atom. The first-order chi connectivity index (χ1) is 23.1. The van der Waals surface area contributed by atoms with Crippen LogP contribution >= 0.6 is 7.82 Å². The van der Waals surface area contributed by atoms with Gasteiger partial charge in [-0.05, 0) is 41.3 Å². The van der Waals surface area contributed by atoms with Crippen LogP contribution in [-0.2, 0) is 33.7 Å². The summed E-state index contributed by atoms with van der Waals surface area (Å²) in [6.07, 6.45) is 1.71. The highest BCUT2D eigenvalue weighted by molar-refractivity contribution is 7.46. The number of aromatic nitrogens is 1. The van der Waals surface area contributed by atoms with Crippen LogP contribution in [0.4, 0.5) is 4.79 Å². The van der Waals surface area contributed by atoms with Gasteiger partial charge in [-0.1, -0.05) is 73.7 Å². The summed E-state index contributed by atoms with van der Waals surface area (Å²) in [4.78, 5) is 68.4. The fraction of sp³-hybridized carbons (Fsp3) is 0.294. The zero-order chi connectivity index (χ0) is 33.8. The summed E-state index contributed by atoms with van der Waals surface area (Å²) in [6.45, 7) is 2.94. The maximum absolute atomic E-state index is 14.4. The third-order valence-corrected chi connectivity index (χ3v) is 8.91. The molecule has 3 aromatic carbocycles. The Bertz CT molecular complexity index is 1830. The van der Waals surface area contributed by atoms with Gasteiger partial charge in [0.15, 0.2) is 0 Å². The van der Waals surface area contributed by atoms with E-state index >= 15 is 0 Å². The number of benzene rings is 3. The lowest BCUT2D eigenvalue weighted by molar-refractivity contribution is -0.190. The van der Waals surface area contributed by atoms with Crippen LogP contribution in [0.15, 0.2) is 91.1 Å². The SMILES string of the molecule is CCCN1CC(=O)N2[C@@H](Cc3ccc(OP(=O)(O)O)cc3)C(=O)N(Cc3cccc4cccnc34)C[C@@H]2N1C(=O)NCc1ccccc1. The zero-order valence-electron chi connectivity index (χ0n) is 26.4. The molecule has 2 aliphatic rings. The molecule has 48 heavy (non-hydrogen) atoms. The Morgan fingerprint density at radius 1 is 0.979 bits per heavy atom. The summed E-state index contributed by atoms with van der Waals surface area (Å²) >= 11 is 0. The molecule has 0 spiro atoms. The number of nitrogens with one attached hydrogen (secondary N) is 1. The second-order valence-corrected chi connectivity index (χ2v) is 13.0. The van der Waals surface area contributed by atoms with E-state index in [2.05, 4.69) is 14.8 Å². The number of nitrogens with zero attached hydrogens (tertiary/aromatic N) is 5. The van der Waals surface area contributed by atoms with E-state index in [1.54, 1.807) is 33.2 Å². The second kappa shape index (κ2) is 14.1. The molecule has 4 amide bonds. The molecule has 2 atom stereocenters. The monoisotopic (exact) mass is 672 g/mol. The van der Waals surface area contributed by atoms with Crippen molar-refractivity contribution < 1.29 is 33.3 Å². The molecule has 0 aliphatic carbocycles. The molecule has 0 unspecified atom stereocenters. The number of phosphoric ester groups is 1. The van der Waals surface area contributed by atoms with Crippen molar-refractivity contribution in [3.05, 3.63) is 108 Å². The van der Waals surface area contributed by atoms with Crippen molar-refractivity contribution in [2.24, 2.45) is 0 Å². The first-order valence-corrected chi connectivity index (χ1v) is 17.3. The molecule has 2 saturated heterocycles. The molecule has 250 valence electrons. The van der Waals surface area contributed by atoms with Crippen molar-refractivity contribution in [3.63, 3.8) is 0 Å². The van der Waals surface area contributed by atoms with Gasteiger partial charge >= 0.3 is 13.9 Å². The van der Waals surface area contributed by atoms with Crippen molar-refractivity contribution in [1.82, 2.24) is 30.1 Å². The highest BCUT2D eigenvalue weighted by atomic mass is 31.2. The predicted octanol–water partition coefficient (Wildman–Crippen LogP) is 3.67. The topological polar surface area (TPSA) is 156 Å². The van der Waals surface area contributed by atoms with Gasteiger partial charge < -0.3 is 19.6 Å². The van der Waals surface area contributed by atoms with Crippen molar-refractivity contribution in [3.8, 4) is 5.75 Å². The molecular formula is C34H37N6O7P. The molecular weight excluding hydrogens is 635 g/mol. The summed E-state index contributed by atoms with van der Waals surface area (Å²) < 4.78 is 16.0. The van der Waals surface area contributed by atoms with Gasteiger partial charge in [-0.2, -0.15) is 0 Å². The number of pyridine rings is 1. The number of fused-ring (bicyclic) bond motifs is 2. The fourth-order valence-electron chi connectivity index (χ4n) is 6.39. The number of piperazine rings is 1. The number of hydrogen-bond donors (Lipinski definition) is 3. The van der Waals surface area contributed by atoms with Crippen LogP contribution < -0.4 is 9.84 Å². The quantitative estimate of drug-likeness (QED) is 0.214. The number of carbonyl (C=O) groups excluding carboxylic acids is 3. The number of amides is 4. The summed E-state index contributed by atoms with van der Waals surface area (Å²) in [5.74, 6) is -0.584.